The number of esters is 2. The summed E-state index contributed by atoms with van der Waals surface area (Å²) in [4.78, 5) is 24.4. The average molecular weight is 831 g/mol. The lowest BCUT2D eigenvalue weighted by Gasteiger charge is -2.15. The molecule has 0 heterocycles. The number of aliphatic hydroxyl groups is 1. The maximum Gasteiger partial charge on any atom is 0.306 e. The van der Waals surface area contributed by atoms with Crippen molar-refractivity contribution in [2.75, 3.05) is 13.2 Å². The summed E-state index contributed by atoms with van der Waals surface area (Å²) < 4.78 is 10.6. The summed E-state index contributed by atoms with van der Waals surface area (Å²) in [6.45, 7) is 3.87. The van der Waals surface area contributed by atoms with Crippen molar-refractivity contribution < 1.29 is 24.2 Å². The molecule has 0 fully saturated rings. The topological polar surface area (TPSA) is 72.8 Å². The first-order chi connectivity index (χ1) is 29.6. The first-order valence-corrected chi connectivity index (χ1v) is 24.4. The highest BCUT2D eigenvalue weighted by atomic mass is 16.6. The SMILES string of the molecule is CC/C=C\C/C=C\C/C=C\C/C=C\C/C=C\CCCCCCCCCCCCCCCCCC(=O)OC(CO)COC(=O)CCCC/C=C\C/C=C\C/C=C\C/C=C\CC. The third kappa shape index (κ3) is 47.2. The zero-order valence-corrected chi connectivity index (χ0v) is 38.7. The smallest absolute Gasteiger partial charge is 0.306 e. The first kappa shape index (κ1) is 56.6. The van der Waals surface area contributed by atoms with Crippen molar-refractivity contribution in [3.8, 4) is 0 Å². The Morgan fingerprint density at radius 3 is 1.03 bits per heavy atom. The Hall–Kier alpha value is -3.44. The molecule has 340 valence electrons. The minimum atomic E-state index is -0.795. The largest absolute Gasteiger partial charge is 0.462 e. The Balaban J connectivity index is 3.54. The van der Waals surface area contributed by atoms with E-state index in [1.165, 1.54) is 83.5 Å². The van der Waals surface area contributed by atoms with Crippen LogP contribution in [0.3, 0.4) is 0 Å². The van der Waals surface area contributed by atoms with E-state index in [4.69, 9.17) is 9.47 Å². The highest BCUT2D eigenvalue weighted by molar-refractivity contribution is 5.70. The summed E-state index contributed by atoms with van der Waals surface area (Å²) in [7, 11) is 0. The first-order valence-electron chi connectivity index (χ1n) is 24.4. The molecule has 0 saturated carbocycles. The lowest BCUT2D eigenvalue weighted by molar-refractivity contribution is -0.161. The molecule has 60 heavy (non-hydrogen) atoms. The summed E-state index contributed by atoms with van der Waals surface area (Å²) in [6, 6.07) is 0. The van der Waals surface area contributed by atoms with Crippen molar-refractivity contribution in [3.63, 3.8) is 0 Å². The fraction of sp³-hybridized carbons (Fsp3) is 0.636. The number of allylic oxidation sites excluding steroid dienone is 18. The molecule has 0 amide bonds. The number of rotatable bonds is 43. The second kappa shape index (κ2) is 49.9. The van der Waals surface area contributed by atoms with Crippen LogP contribution >= 0.6 is 0 Å². The zero-order valence-electron chi connectivity index (χ0n) is 38.7. The van der Waals surface area contributed by atoms with Gasteiger partial charge in [0.25, 0.3) is 0 Å². The summed E-state index contributed by atoms with van der Waals surface area (Å²) >= 11 is 0. The van der Waals surface area contributed by atoms with Crippen LogP contribution in [0.25, 0.3) is 0 Å². The molecular formula is C55H90O5. The van der Waals surface area contributed by atoms with Crippen molar-refractivity contribution >= 4 is 11.9 Å². The molecule has 1 N–H and O–H groups in total. The average Bonchev–Trinajstić information content (AvgIpc) is 3.25. The van der Waals surface area contributed by atoms with E-state index in [0.717, 1.165) is 96.3 Å². The number of unbranched alkanes of at least 4 members (excludes halogenated alkanes) is 17. The van der Waals surface area contributed by atoms with Gasteiger partial charge in [0.05, 0.1) is 6.61 Å². The minimum absolute atomic E-state index is 0.0923. The molecule has 0 saturated heterocycles. The van der Waals surface area contributed by atoms with Gasteiger partial charge in [-0.1, -0.05) is 207 Å². The van der Waals surface area contributed by atoms with Crippen LogP contribution in [0.2, 0.25) is 0 Å². The minimum Gasteiger partial charge on any atom is -0.462 e. The number of hydrogen-bond acceptors (Lipinski definition) is 5. The van der Waals surface area contributed by atoms with Gasteiger partial charge < -0.3 is 14.6 Å². The summed E-state index contributed by atoms with van der Waals surface area (Å²) in [5.74, 6) is -0.644. The van der Waals surface area contributed by atoms with Crippen LogP contribution in [0.5, 0.6) is 0 Å². The highest BCUT2D eigenvalue weighted by Gasteiger charge is 2.16. The lowest BCUT2D eigenvalue weighted by Crippen LogP contribution is -2.28. The number of carbonyl (C=O) groups excluding carboxylic acids is 2. The zero-order chi connectivity index (χ0) is 43.5. The predicted octanol–water partition coefficient (Wildman–Crippen LogP) is 16.2. The van der Waals surface area contributed by atoms with Gasteiger partial charge in [0.2, 0.25) is 0 Å². The highest BCUT2D eigenvalue weighted by Crippen LogP contribution is 2.15. The second-order valence-corrected chi connectivity index (χ2v) is 15.8. The molecular weight excluding hydrogens is 741 g/mol. The standard InChI is InChI=1S/C55H90O5/c1-3-5-7-9-11-13-15-17-19-20-21-22-23-24-25-26-27-28-29-30-31-32-33-34-36-38-40-42-44-46-48-50-55(58)60-53(51-56)52-59-54(57)49-47-45-43-41-39-37-35-18-16-14-12-10-8-6-4-2/h5-8,11-14,17-19,21-22,24-25,35,39,41,53,56H,3-4,9-10,15-16,20,23,26-34,36-38,40,42-52H2,1-2H3/b7-5-,8-6-,13-11-,14-12-,19-17-,22-21-,25-24-,35-18-,41-39-. The summed E-state index contributed by atoms with van der Waals surface area (Å²) in [6.07, 6.45) is 71.9. The van der Waals surface area contributed by atoms with Crippen LogP contribution in [-0.4, -0.2) is 36.4 Å². The van der Waals surface area contributed by atoms with E-state index in [1.54, 1.807) is 0 Å². The summed E-state index contributed by atoms with van der Waals surface area (Å²) in [5.41, 5.74) is 0. The number of carbonyl (C=O) groups is 2. The van der Waals surface area contributed by atoms with E-state index in [-0.39, 0.29) is 25.2 Å². The molecule has 0 spiro atoms. The fourth-order valence-corrected chi connectivity index (χ4v) is 6.45. The predicted molar refractivity (Wildman–Crippen MR) is 260 cm³/mol. The molecule has 5 heteroatoms. The lowest BCUT2D eigenvalue weighted by atomic mass is 10.0. The monoisotopic (exact) mass is 831 g/mol. The van der Waals surface area contributed by atoms with Crippen molar-refractivity contribution in [2.45, 2.75) is 213 Å². The maximum atomic E-state index is 12.3. The summed E-state index contributed by atoms with van der Waals surface area (Å²) in [5, 5.41) is 9.60. The van der Waals surface area contributed by atoms with Gasteiger partial charge in [-0.3, -0.25) is 9.59 Å². The molecule has 0 aliphatic rings. The van der Waals surface area contributed by atoms with E-state index in [9.17, 15) is 14.7 Å². The van der Waals surface area contributed by atoms with Gasteiger partial charge in [0, 0.05) is 12.8 Å². The molecule has 0 aromatic rings. The van der Waals surface area contributed by atoms with E-state index in [1.807, 2.05) is 0 Å². The van der Waals surface area contributed by atoms with Crippen LogP contribution in [-0.2, 0) is 19.1 Å². The molecule has 0 radical (unpaired) electrons. The molecule has 0 rings (SSSR count). The molecule has 0 aromatic carbocycles. The number of aliphatic hydroxyl groups excluding tert-OH is 1. The van der Waals surface area contributed by atoms with Crippen LogP contribution in [0.1, 0.15) is 206 Å². The molecule has 0 aliphatic carbocycles. The van der Waals surface area contributed by atoms with Crippen LogP contribution in [0.4, 0.5) is 0 Å². The Kier molecular flexibility index (Phi) is 47.1. The quantitative estimate of drug-likeness (QED) is 0.0376. The Bertz CT molecular complexity index is 1210. The molecule has 0 aromatic heterocycles. The molecule has 0 aliphatic heterocycles. The molecule has 5 nitrogen and oxygen atoms in total. The van der Waals surface area contributed by atoms with Gasteiger partial charge in [0.15, 0.2) is 6.10 Å². The third-order valence-corrected chi connectivity index (χ3v) is 10.1. The molecule has 1 atom stereocenters. The van der Waals surface area contributed by atoms with Crippen LogP contribution < -0.4 is 0 Å². The van der Waals surface area contributed by atoms with Gasteiger partial charge >= 0.3 is 11.9 Å². The van der Waals surface area contributed by atoms with Gasteiger partial charge in [-0.25, -0.2) is 0 Å². The van der Waals surface area contributed by atoms with Crippen LogP contribution in [0, 0.1) is 0 Å². The molecule has 1 unspecified atom stereocenters. The van der Waals surface area contributed by atoms with Gasteiger partial charge in [-0.05, 0) is 96.3 Å². The molecule has 0 bridgehead atoms. The fourth-order valence-electron chi connectivity index (χ4n) is 6.45. The Morgan fingerprint density at radius 1 is 0.383 bits per heavy atom. The van der Waals surface area contributed by atoms with Crippen molar-refractivity contribution in [2.24, 2.45) is 0 Å². The maximum absolute atomic E-state index is 12.3. The van der Waals surface area contributed by atoms with Gasteiger partial charge in [-0.15, -0.1) is 0 Å². The Morgan fingerprint density at radius 2 is 0.667 bits per heavy atom. The van der Waals surface area contributed by atoms with Gasteiger partial charge in [-0.2, -0.15) is 0 Å². The number of ether oxygens (including phenoxy) is 2. The van der Waals surface area contributed by atoms with Gasteiger partial charge in [0.1, 0.15) is 6.61 Å². The van der Waals surface area contributed by atoms with E-state index < -0.39 is 6.10 Å². The van der Waals surface area contributed by atoms with E-state index in [0.29, 0.717) is 12.8 Å². The Labute approximate surface area is 370 Å². The van der Waals surface area contributed by atoms with E-state index >= 15 is 0 Å². The second-order valence-electron chi connectivity index (χ2n) is 15.8. The number of hydrogen-bond donors (Lipinski definition) is 1. The van der Waals surface area contributed by atoms with Crippen molar-refractivity contribution in [1.82, 2.24) is 0 Å². The van der Waals surface area contributed by atoms with E-state index in [2.05, 4.69) is 123 Å². The van der Waals surface area contributed by atoms with Crippen molar-refractivity contribution in [3.05, 3.63) is 109 Å². The normalized spacial score (nSPS) is 13.2. The van der Waals surface area contributed by atoms with Crippen LogP contribution in [0.15, 0.2) is 109 Å². The third-order valence-electron chi connectivity index (χ3n) is 10.1. The van der Waals surface area contributed by atoms with Crippen molar-refractivity contribution in [1.29, 1.82) is 0 Å².